The summed E-state index contributed by atoms with van der Waals surface area (Å²) in [5.41, 5.74) is 1.50. The zero-order valence-corrected chi connectivity index (χ0v) is 11.7. The van der Waals surface area contributed by atoms with Gasteiger partial charge in [-0.1, -0.05) is 12.1 Å². The summed E-state index contributed by atoms with van der Waals surface area (Å²) in [6.07, 6.45) is 0. The van der Waals surface area contributed by atoms with E-state index in [0.717, 1.165) is 0 Å². The first-order valence-electron chi connectivity index (χ1n) is 6.59. The lowest BCUT2D eigenvalue weighted by atomic mass is 10.1. The van der Waals surface area contributed by atoms with E-state index in [9.17, 15) is 9.18 Å². The van der Waals surface area contributed by atoms with Gasteiger partial charge < -0.3 is 9.73 Å². The molecule has 3 aromatic rings. The Morgan fingerprint density at radius 3 is 2.68 bits per heavy atom. The molecule has 6 heteroatoms. The number of carbonyl (C=O) groups excluding carboxylic acids is 1. The maximum absolute atomic E-state index is 13.1. The van der Waals surface area contributed by atoms with Crippen LogP contribution in [0.15, 0.2) is 52.9 Å². The van der Waals surface area contributed by atoms with E-state index < -0.39 is 11.7 Å². The Kier molecular flexibility index (Phi) is 3.65. The summed E-state index contributed by atoms with van der Waals surface area (Å²) in [6, 6.07) is 12.5. The summed E-state index contributed by atoms with van der Waals surface area (Å²) in [6.45, 7) is 1.70. The van der Waals surface area contributed by atoms with Crippen LogP contribution >= 0.6 is 0 Å². The van der Waals surface area contributed by atoms with Crippen molar-refractivity contribution < 1.29 is 13.6 Å². The van der Waals surface area contributed by atoms with Gasteiger partial charge in [-0.25, -0.2) is 4.39 Å². The molecule has 0 fully saturated rings. The van der Waals surface area contributed by atoms with Crippen LogP contribution in [0.2, 0.25) is 0 Å². The standard InChI is InChI=1S/C16H12FN3O2/c1-10-19-20-16(22-10)12-5-3-7-14(9-12)18-15(21)11-4-2-6-13(17)8-11/h2-9H,1H3,(H,18,21). The SMILES string of the molecule is Cc1nnc(-c2cccc(NC(=O)c3cccc(F)c3)c2)o1. The first kappa shape index (κ1) is 13.9. The molecule has 2 aromatic carbocycles. The van der Waals surface area contributed by atoms with E-state index in [1.165, 1.54) is 18.2 Å². The highest BCUT2D eigenvalue weighted by molar-refractivity contribution is 6.04. The van der Waals surface area contributed by atoms with Gasteiger partial charge in [0.1, 0.15) is 5.82 Å². The van der Waals surface area contributed by atoms with E-state index in [-0.39, 0.29) is 5.56 Å². The van der Waals surface area contributed by atoms with E-state index in [4.69, 9.17) is 4.42 Å². The number of carbonyl (C=O) groups is 1. The second kappa shape index (κ2) is 5.77. The van der Waals surface area contributed by atoms with Crippen molar-refractivity contribution in [2.75, 3.05) is 5.32 Å². The molecule has 1 heterocycles. The Morgan fingerprint density at radius 1 is 1.14 bits per heavy atom. The van der Waals surface area contributed by atoms with E-state index in [2.05, 4.69) is 15.5 Å². The fourth-order valence-corrected chi connectivity index (χ4v) is 1.98. The molecule has 0 saturated carbocycles. The molecular formula is C16H12FN3O2. The van der Waals surface area contributed by atoms with Gasteiger partial charge in [0, 0.05) is 23.7 Å². The molecule has 0 radical (unpaired) electrons. The van der Waals surface area contributed by atoms with Crippen LogP contribution in [0.4, 0.5) is 10.1 Å². The summed E-state index contributed by atoms with van der Waals surface area (Å²) in [7, 11) is 0. The number of rotatable bonds is 3. The van der Waals surface area contributed by atoms with Crippen LogP contribution in [0.5, 0.6) is 0 Å². The smallest absolute Gasteiger partial charge is 0.255 e. The third-order valence-corrected chi connectivity index (χ3v) is 2.98. The molecule has 0 atom stereocenters. The Labute approximate surface area is 125 Å². The minimum absolute atomic E-state index is 0.249. The maximum Gasteiger partial charge on any atom is 0.255 e. The number of nitrogens with zero attached hydrogens (tertiary/aromatic N) is 2. The first-order chi connectivity index (χ1) is 10.6. The normalized spacial score (nSPS) is 10.5. The van der Waals surface area contributed by atoms with Gasteiger partial charge in [-0.2, -0.15) is 0 Å². The third kappa shape index (κ3) is 3.01. The molecule has 0 aliphatic rings. The van der Waals surface area contributed by atoms with Crippen molar-refractivity contribution in [3.05, 3.63) is 65.8 Å². The molecule has 22 heavy (non-hydrogen) atoms. The van der Waals surface area contributed by atoms with Crippen molar-refractivity contribution in [2.24, 2.45) is 0 Å². The van der Waals surface area contributed by atoms with Crippen molar-refractivity contribution >= 4 is 11.6 Å². The number of amides is 1. The van der Waals surface area contributed by atoms with Crippen molar-refractivity contribution in [2.45, 2.75) is 6.92 Å². The van der Waals surface area contributed by atoms with Crippen LogP contribution < -0.4 is 5.32 Å². The molecule has 0 saturated heterocycles. The average molecular weight is 297 g/mol. The molecule has 110 valence electrons. The predicted molar refractivity (Wildman–Crippen MR) is 78.8 cm³/mol. The lowest BCUT2D eigenvalue weighted by Crippen LogP contribution is -2.12. The Hall–Kier alpha value is -3.02. The molecule has 1 N–H and O–H groups in total. The largest absolute Gasteiger partial charge is 0.421 e. The fraction of sp³-hybridized carbons (Fsp3) is 0.0625. The van der Waals surface area contributed by atoms with Gasteiger partial charge in [0.25, 0.3) is 5.91 Å². The minimum atomic E-state index is -0.456. The molecule has 5 nitrogen and oxygen atoms in total. The molecule has 0 unspecified atom stereocenters. The van der Waals surface area contributed by atoms with Gasteiger partial charge >= 0.3 is 0 Å². The van der Waals surface area contributed by atoms with Crippen molar-refractivity contribution in [1.82, 2.24) is 10.2 Å². The molecule has 1 aromatic heterocycles. The zero-order chi connectivity index (χ0) is 15.5. The van der Waals surface area contributed by atoms with Gasteiger partial charge in [0.05, 0.1) is 0 Å². The summed E-state index contributed by atoms with van der Waals surface area (Å²) in [4.78, 5) is 12.1. The second-order valence-electron chi connectivity index (χ2n) is 4.67. The number of benzene rings is 2. The number of hydrogen-bond donors (Lipinski definition) is 1. The number of aromatic nitrogens is 2. The summed E-state index contributed by atoms with van der Waals surface area (Å²) in [5.74, 6) is -0.00958. The van der Waals surface area contributed by atoms with Gasteiger partial charge in [0.15, 0.2) is 0 Å². The molecule has 0 bridgehead atoms. The maximum atomic E-state index is 13.1. The monoisotopic (exact) mass is 297 g/mol. The van der Waals surface area contributed by atoms with Crippen LogP contribution in [0.1, 0.15) is 16.2 Å². The fourth-order valence-electron chi connectivity index (χ4n) is 1.98. The molecular weight excluding hydrogens is 285 g/mol. The Morgan fingerprint density at radius 2 is 1.95 bits per heavy atom. The summed E-state index contributed by atoms with van der Waals surface area (Å²) < 4.78 is 18.5. The molecule has 0 aliphatic carbocycles. The molecule has 3 rings (SSSR count). The molecule has 0 spiro atoms. The number of halogens is 1. The number of hydrogen-bond acceptors (Lipinski definition) is 4. The quantitative estimate of drug-likeness (QED) is 0.804. The van der Waals surface area contributed by atoms with Gasteiger partial charge in [-0.3, -0.25) is 4.79 Å². The van der Waals surface area contributed by atoms with Crippen LogP contribution in [-0.4, -0.2) is 16.1 Å². The van der Waals surface area contributed by atoms with Crippen LogP contribution in [0.25, 0.3) is 11.5 Å². The van der Waals surface area contributed by atoms with E-state index in [1.807, 2.05) is 0 Å². The van der Waals surface area contributed by atoms with Crippen molar-refractivity contribution in [1.29, 1.82) is 0 Å². The highest BCUT2D eigenvalue weighted by Gasteiger charge is 2.10. The Bertz CT molecular complexity index is 830. The second-order valence-corrected chi connectivity index (χ2v) is 4.67. The third-order valence-electron chi connectivity index (χ3n) is 2.98. The highest BCUT2D eigenvalue weighted by Crippen LogP contribution is 2.21. The van der Waals surface area contributed by atoms with Crippen LogP contribution in [-0.2, 0) is 0 Å². The minimum Gasteiger partial charge on any atom is -0.421 e. The lowest BCUT2D eigenvalue weighted by Gasteiger charge is -2.06. The number of anilines is 1. The van der Waals surface area contributed by atoms with Gasteiger partial charge in [0.2, 0.25) is 11.8 Å². The van der Waals surface area contributed by atoms with E-state index in [1.54, 1.807) is 37.3 Å². The van der Waals surface area contributed by atoms with Crippen molar-refractivity contribution in [3.8, 4) is 11.5 Å². The zero-order valence-electron chi connectivity index (χ0n) is 11.7. The first-order valence-corrected chi connectivity index (χ1v) is 6.59. The highest BCUT2D eigenvalue weighted by atomic mass is 19.1. The van der Waals surface area contributed by atoms with E-state index >= 15 is 0 Å². The van der Waals surface area contributed by atoms with Crippen LogP contribution in [0.3, 0.4) is 0 Å². The summed E-state index contributed by atoms with van der Waals surface area (Å²) >= 11 is 0. The van der Waals surface area contributed by atoms with Crippen LogP contribution in [0, 0.1) is 12.7 Å². The Balaban J connectivity index is 1.82. The summed E-state index contributed by atoms with van der Waals surface area (Å²) in [5, 5.41) is 10.4. The topological polar surface area (TPSA) is 68.0 Å². The molecule has 1 amide bonds. The van der Waals surface area contributed by atoms with Gasteiger partial charge in [-0.15, -0.1) is 10.2 Å². The average Bonchev–Trinajstić information content (AvgIpc) is 2.94. The number of aryl methyl sites for hydroxylation is 1. The predicted octanol–water partition coefficient (Wildman–Crippen LogP) is 3.44. The number of nitrogens with one attached hydrogen (secondary N) is 1. The van der Waals surface area contributed by atoms with Crippen molar-refractivity contribution in [3.63, 3.8) is 0 Å². The van der Waals surface area contributed by atoms with Gasteiger partial charge in [-0.05, 0) is 36.4 Å². The lowest BCUT2D eigenvalue weighted by molar-refractivity contribution is 0.102. The van der Waals surface area contributed by atoms with E-state index in [0.29, 0.717) is 23.0 Å². The molecule has 0 aliphatic heterocycles.